The SMILES string of the molecule is Cn1cc(-c2cc(Cl)cn2COCC[Si](C)(C)C)cn1. The third-order valence-corrected chi connectivity index (χ3v) is 5.00. The van der Waals surface area contributed by atoms with Crippen LogP contribution in [0.3, 0.4) is 0 Å². The van der Waals surface area contributed by atoms with Crippen LogP contribution in [0.25, 0.3) is 11.3 Å². The Balaban J connectivity index is 2.02. The van der Waals surface area contributed by atoms with E-state index in [2.05, 4.69) is 24.7 Å². The predicted molar refractivity (Wildman–Crippen MR) is 85.7 cm³/mol. The van der Waals surface area contributed by atoms with Gasteiger partial charge in [-0.15, -0.1) is 0 Å². The Morgan fingerprint density at radius 3 is 2.65 bits per heavy atom. The average Bonchev–Trinajstić information content (AvgIpc) is 2.90. The van der Waals surface area contributed by atoms with Crippen LogP contribution in [0.4, 0.5) is 0 Å². The molecule has 0 aliphatic heterocycles. The van der Waals surface area contributed by atoms with Gasteiger partial charge in [0, 0.05) is 39.7 Å². The second-order valence-electron chi connectivity index (χ2n) is 6.26. The minimum absolute atomic E-state index is 0.529. The van der Waals surface area contributed by atoms with E-state index in [1.54, 1.807) is 4.68 Å². The monoisotopic (exact) mass is 311 g/mol. The van der Waals surface area contributed by atoms with Crippen molar-refractivity contribution in [1.29, 1.82) is 0 Å². The van der Waals surface area contributed by atoms with E-state index in [4.69, 9.17) is 16.3 Å². The third-order valence-electron chi connectivity index (χ3n) is 3.09. The van der Waals surface area contributed by atoms with Crippen LogP contribution in [0, 0.1) is 0 Å². The van der Waals surface area contributed by atoms with Crippen LogP contribution in [0.15, 0.2) is 24.7 Å². The summed E-state index contributed by atoms with van der Waals surface area (Å²) in [6.45, 7) is 8.39. The first-order valence-corrected chi connectivity index (χ1v) is 10.9. The summed E-state index contributed by atoms with van der Waals surface area (Å²) in [6, 6.07) is 3.12. The molecule has 4 nitrogen and oxygen atoms in total. The molecule has 0 spiro atoms. The highest BCUT2D eigenvalue weighted by molar-refractivity contribution is 6.76. The smallest absolute Gasteiger partial charge is 0.122 e. The fourth-order valence-electron chi connectivity index (χ4n) is 1.92. The average molecular weight is 312 g/mol. The van der Waals surface area contributed by atoms with Crippen molar-refractivity contribution in [3.8, 4) is 11.3 Å². The molecule has 110 valence electrons. The van der Waals surface area contributed by atoms with Crippen LogP contribution >= 0.6 is 11.6 Å². The zero-order chi connectivity index (χ0) is 14.8. The third kappa shape index (κ3) is 4.23. The van der Waals surface area contributed by atoms with Gasteiger partial charge in [-0.3, -0.25) is 4.68 Å². The molecule has 0 unspecified atom stereocenters. The highest BCUT2D eigenvalue weighted by Gasteiger charge is 2.13. The molecular weight excluding hydrogens is 290 g/mol. The quantitative estimate of drug-likeness (QED) is 0.599. The zero-order valence-corrected chi connectivity index (χ0v) is 14.3. The van der Waals surface area contributed by atoms with Gasteiger partial charge in [0.05, 0.1) is 16.9 Å². The fraction of sp³-hybridized carbons (Fsp3) is 0.500. The Hall–Kier alpha value is -1.04. The summed E-state index contributed by atoms with van der Waals surface area (Å²) in [5.74, 6) is 0. The number of hydrogen-bond acceptors (Lipinski definition) is 2. The predicted octanol–water partition coefficient (Wildman–Crippen LogP) is 3.85. The lowest BCUT2D eigenvalue weighted by atomic mass is 10.2. The number of hydrogen-bond donors (Lipinski definition) is 0. The van der Waals surface area contributed by atoms with Gasteiger partial charge in [0.2, 0.25) is 0 Å². The van der Waals surface area contributed by atoms with Crippen LogP contribution in [-0.4, -0.2) is 29.0 Å². The summed E-state index contributed by atoms with van der Waals surface area (Å²) >= 11 is 6.11. The molecule has 6 heteroatoms. The molecule has 2 aromatic rings. The Bertz CT molecular complexity index is 571. The molecule has 0 atom stereocenters. The van der Waals surface area contributed by atoms with Gasteiger partial charge >= 0.3 is 0 Å². The maximum Gasteiger partial charge on any atom is 0.122 e. The van der Waals surface area contributed by atoms with E-state index in [-0.39, 0.29) is 0 Å². The Labute approximate surface area is 126 Å². The summed E-state index contributed by atoms with van der Waals surface area (Å²) in [7, 11) is 0.868. The molecule has 2 heterocycles. The van der Waals surface area contributed by atoms with Gasteiger partial charge in [0.25, 0.3) is 0 Å². The van der Waals surface area contributed by atoms with Crippen LogP contribution in [0.2, 0.25) is 30.7 Å². The molecule has 20 heavy (non-hydrogen) atoms. The molecule has 0 aliphatic carbocycles. The van der Waals surface area contributed by atoms with Crippen molar-refractivity contribution >= 4 is 19.7 Å². The number of halogens is 1. The molecule has 2 aromatic heterocycles. The molecule has 0 fully saturated rings. The Morgan fingerprint density at radius 2 is 2.05 bits per heavy atom. The summed E-state index contributed by atoms with van der Waals surface area (Å²) < 4.78 is 9.61. The highest BCUT2D eigenvalue weighted by atomic mass is 35.5. The maximum absolute atomic E-state index is 6.11. The second-order valence-corrected chi connectivity index (χ2v) is 12.3. The van der Waals surface area contributed by atoms with E-state index < -0.39 is 8.07 Å². The first-order valence-electron chi connectivity index (χ1n) is 6.77. The van der Waals surface area contributed by atoms with Crippen molar-refractivity contribution in [3.63, 3.8) is 0 Å². The second kappa shape index (κ2) is 6.16. The lowest BCUT2D eigenvalue weighted by molar-refractivity contribution is 0.0885. The maximum atomic E-state index is 6.11. The number of rotatable bonds is 6. The molecule has 0 bridgehead atoms. The van der Waals surface area contributed by atoms with Gasteiger partial charge in [-0.05, 0) is 12.1 Å². The van der Waals surface area contributed by atoms with Crippen LogP contribution in [0.1, 0.15) is 0 Å². The Morgan fingerprint density at radius 1 is 1.30 bits per heavy atom. The summed E-state index contributed by atoms with van der Waals surface area (Å²) in [5.41, 5.74) is 2.09. The summed E-state index contributed by atoms with van der Waals surface area (Å²) in [6.07, 6.45) is 5.72. The minimum Gasteiger partial charge on any atom is -0.361 e. The minimum atomic E-state index is -1.04. The number of ether oxygens (including phenoxy) is 1. The molecule has 2 rings (SSSR count). The standard InChI is InChI=1S/C14H22ClN3OSi/c1-17-9-12(8-16-17)14-7-13(15)10-18(14)11-19-5-6-20(2,3)4/h7-10H,5-6,11H2,1-4H3. The van der Waals surface area contributed by atoms with Crippen molar-refractivity contribution in [2.75, 3.05) is 6.61 Å². The van der Waals surface area contributed by atoms with Crippen molar-refractivity contribution < 1.29 is 4.74 Å². The lowest BCUT2D eigenvalue weighted by Gasteiger charge is -2.16. The van der Waals surface area contributed by atoms with E-state index in [1.807, 2.05) is 36.3 Å². The first-order chi connectivity index (χ1) is 9.35. The molecule has 0 saturated heterocycles. The van der Waals surface area contributed by atoms with E-state index in [1.165, 1.54) is 6.04 Å². The van der Waals surface area contributed by atoms with Crippen LogP contribution in [0.5, 0.6) is 0 Å². The van der Waals surface area contributed by atoms with Crippen molar-refractivity contribution in [2.45, 2.75) is 32.4 Å². The number of aromatic nitrogens is 3. The van der Waals surface area contributed by atoms with E-state index in [0.29, 0.717) is 6.73 Å². The summed E-state index contributed by atoms with van der Waals surface area (Å²) in [4.78, 5) is 0. The topological polar surface area (TPSA) is 32.0 Å². The molecule has 0 amide bonds. The van der Waals surface area contributed by atoms with Gasteiger partial charge in [0.15, 0.2) is 0 Å². The van der Waals surface area contributed by atoms with E-state index >= 15 is 0 Å². The normalized spacial score (nSPS) is 12.1. The largest absolute Gasteiger partial charge is 0.361 e. The van der Waals surface area contributed by atoms with Crippen LogP contribution in [-0.2, 0) is 18.5 Å². The molecular formula is C14H22ClN3OSi. The Kier molecular flexibility index (Phi) is 4.73. The molecule has 0 N–H and O–H groups in total. The lowest BCUT2D eigenvalue weighted by Crippen LogP contribution is -2.22. The van der Waals surface area contributed by atoms with Gasteiger partial charge in [-0.25, -0.2) is 0 Å². The van der Waals surface area contributed by atoms with Crippen molar-refractivity contribution in [2.24, 2.45) is 7.05 Å². The van der Waals surface area contributed by atoms with E-state index in [9.17, 15) is 0 Å². The van der Waals surface area contributed by atoms with Crippen molar-refractivity contribution in [1.82, 2.24) is 14.3 Å². The van der Waals surface area contributed by atoms with Gasteiger partial charge in [-0.2, -0.15) is 5.10 Å². The van der Waals surface area contributed by atoms with Gasteiger partial charge < -0.3 is 9.30 Å². The fourth-order valence-corrected chi connectivity index (χ4v) is 2.90. The summed E-state index contributed by atoms with van der Waals surface area (Å²) in [5, 5.41) is 4.92. The zero-order valence-electron chi connectivity index (χ0n) is 12.6. The molecule has 0 radical (unpaired) electrons. The van der Waals surface area contributed by atoms with Gasteiger partial charge in [-0.1, -0.05) is 31.2 Å². The van der Waals surface area contributed by atoms with E-state index in [0.717, 1.165) is 22.9 Å². The van der Waals surface area contributed by atoms with Crippen molar-refractivity contribution in [3.05, 3.63) is 29.7 Å². The number of nitrogens with zero attached hydrogens (tertiary/aromatic N) is 3. The van der Waals surface area contributed by atoms with Crippen LogP contribution < -0.4 is 0 Å². The molecule has 0 aliphatic rings. The molecule has 0 saturated carbocycles. The first kappa shape index (κ1) is 15.3. The highest BCUT2D eigenvalue weighted by Crippen LogP contribution is 2.24. The molecule has 0 aromatic carbocycles. The number of aryl methyl sites for hydroxylation is 1. The van der Waals surface area contributed by atoms with Gasteiger partial charge in [0.1, 0.15) is 6.73 Å².